The summed E-state index contributed by atoms with van der Waals surface area (Å²) in [5, 5.41) is 11.2. The summed E-state index contributed by atoms with van der Waals surface area (Å²) in [6.07, 6.45) is 2.70. The summed E-state index contributed by atoms with van der Waals surface area (Å²) in [6, 6.07) is 16.9. The number of aromatic nitrogens is 2. The molecule has 1 atom stereocenters. The number of hydrogen-bond acceptors (Lipinski definition) is 6. The van der Waals surface area contributed by atoms with Gasteiger partial charge in [-0.2, -0.15) is 5.26 Å². The van der Waals surface area contributed by atoms with Crippen LogP contribution in [0.15, 0.2) is 48.7 Å². The monoisotopic (exact) mass is 415 g/mol. The lowest BCUT2D eigenvalue weighted by Crippen LogP contribution is -2.50. The van der Waals surface area contributed by atoms with Gasteiger partial charge in [0.05, 0.1) is 24.1 Å². The topological polar surface area (TPSA) is 65.3 Å². The predicted octanol–water partition coefficient (Wildman–Crippen LogP) is 3.80. The molecule has 0 spiro atoms. The highest BCUT2D eigenvalue weighted by Crippen LogP contribution is 2.30. The molecule has 0 radical (unpaired) electrons. The Labute approximate surface area is 184 Å². The second-order valence-corrected chi connectivity index (χ2v) is 8.31. The number of nitriles is 1. The lowest BCUT2D eigenvalue weighted by atomic mass is 9.82. The molecule has 1 aromatic carbocycles. The van der Waals surface area contributed by atoms with E-state index in [-0.39, 0.29) is 0 Å². The Morgan fingerprint density at radius 3 is 2.58 bits per heavy atom. The molecule has 0 aliphatic carbocycles. The van der Waals surface area contributed by atoms with Gasteiger partial charge in [0.2, 0.25) is 5.88 Å². The van der Waals surface area contributed by atoms with Crippen LogP contribution in [0.3, 0.4) is 0 Å². The molecule has 0 saturated carbocycles. The summed E-state index contributed by atoms with van der Waals surface area (Å²) in [5.41, 5.74) is 2.35. The number of piperazine rings is 1. The van der Waals surface area contributed by atoms with Crippen molar-refractivity contribution in [1.29, 1.82) is 5.26 Å². The molecule has 1 saturated heterocycles. The Balaban J connectivity index is 1.52. The molecule has 6 nitrogen and oxygen atoms in total. The van der Waals surface area contributed by atoms with Crippen LogP contribution in [0.5, 0.6) is 5.88 Å². The number of hydrogen-bond donors (Lipinski definition) is 0. The highest BCUT2D eigenvalue weighted by Gasteiger charge is 2.31. The second-order valence-electron chi connectivity index (χ2n) is 8.31. The van der Waals surface area contributed by atoms with Crippen molar-refractivity contribution in [1.82, 2.24) is 14.9 Å². The average Bonchev–Trinajstić information content (AvgIpc) is 2.83. The molecule has 0 N–H and O–H groups in total. The Bertz CT molecular complexity index is 1090. The van der Waals surface area contributed by atoms with Crippen molar-refractivity contribution in [3.05, 3.63) is 59.8 Å². The molecule has 0 amide bonds. The van der Waals surface area contributed by atoms with Crippen molar-refractivity contribution in [3.8, 4) is 11.9 Å². The Morgan fingerprint density at radius 2 is 1.94 bits per heavy atom. The van der Waals surface area contributed by atoms with Crippen molar-refractivity contribution in [2.75, 3.05) is 44.7 Å². The summed E-state index contributed by atoms with van der Waals surface area (Å²) in [6.45, 7) is 8.45. The summed E-state index contributed by atoms with van der Waals surface area (Å²) < 4.78 is 5.47. The largest absolute Gasteiger partial charge is 0.481 e. The molecule has 2 aromatic heterocycles. The number of pyridine rings is 2. The summed E-state index contributed by atoms with van der Waals surface area (Å²) in [7, 11) is 1.65. The van der Waals surface area contributed by atoms with E-state index in [2.05, 4.69) is 52.0 Å². The van der Waals surface area contributed by atoms with E-state index < -0.39 is 5.41 Å². The van der Waals surface area contributed by atoms with Gasteiger partial charge in [0, 0.05) is 49.9 Å². The minimum atomic E-state index is -0.611. The Kier molecular flexibility index (Phi) is 6.06. The minimum Gasteiger partial charge on any atom is -0.481 e. The molecule has 1 aliphatic rings. The third-order valence-corrected chi connectivity index (χ3v) is 6.20. The molecule has 1 fully saturated rings. The third kappa shape index (κ3) is 4.33. The van der Waals surface area contributed by atoms with Gasteiger partial charge in [-0.15, -0.1) is 0 Å². The van der Waals surface area contributed by atoms with Crippen molar-refractivity contribution in [2.24, 2.45) is 0 Å². The van der Waals surface area contributed by atoms with Gasteiger partial charge in [-0.3, -0.25) is 4.90 Å². The predicted molar refractivity (Wildman–Crippen MR) is 124 cm³/mol. The van der Waals surface area contributed by atoms with Gasteiger partial charge < -0.3 is 9.64 Å². The SMILES string of the molecule is CCc1cc2ccc(C(C)(C#N)CN3CCN(c4ccccn4)CC3)cc2nc1OC. The second kappa shape index (κ2) is 8.91. The normalized spacial score (nSPS) is 16.6. The van der Waals surface area contributed by atoms with E-state index in [1.807, 2.05) is 31.3 Å². The van der Waals surface area contributed by atoms with Gasteiger partial charge in [-0.1, -0.05) is 25.1 Å². The van der Waals surface area contributed by atoms with Crippen LogP contribution in [-0.4, -0.2) is 54.7 Å². The lowest BCUT2D eigenvalue weighted by molar-refractivity contribution is 0.226. The van der Waals surface area contributed by atoms with Crippen molar-refractivity contribution in [3.63, 3.8) is 0 Å². The van der Waals surface area contributed by atoms with Crippen LogP contribution in [0, 0.1) is 11.3 Å². The van der Waals surface area contributed by atoms with E-state index in [1.54, 1.807) is 7.11 Å². The van der Waals surface area contributed by atoms with Crippen molar-refractivity contribution < 1.29 is 4.74 Å². The zero-order valence-electron chi connectivity index (χ0n) is 18.5. The van der Waals surface area contributed by atoms with Gasteiger partial charge in [0.1, 0.15) is 5.82 Å². The highest BCUT2D eigenvalue weighted by atomic mass is 16.5. The third-order valence-electron chi connectivity index (χ3n) is 6.20. The quantitative estimate of drug-likeness (QED) is 0.610. The molecule has 3 aromatic rings. The highest BCUT2D eigenvalue weighted by molar-refractivity contribution is 5.81. The Hall–Kier alpha value is -3.17. The van der Waals surface area contributed by atoms with Crippen molar-refractivity contribution in [2.45, 2.75) is 25.7 Å². The van der Waals surface area contributed by atoms with E-state index in [0.717, 1.165) is 60.4 Å². The van der Waals surface area contributed by atoms with E-state index in [4.69, 9.17) is 9.72 Å². The summed E-state index contributed by atoms with van der Waals surface area (Å²) >= 11 is 0. The molecular formula is C25H29N5O. The van der Waals surface area contributed by atoms with Gasteiger partial charge in [0.25, 0.3) is 0 Å². The van der Waals surface area contributed by atoms with E-state index >= 15 is 0 Å². The molecule has 31 heavy (non-hydrogen) atoms. The summed E-state index contributed by atoms with van der Waals surface area (Å²) in [5.74, 6) is 1.68. The number of methoxy groups -OCH3 is 1. The number of anilines is 1. The maximum Gasteiger partial charge on any atom is 0.216 e. The van der Waals surface area contributed by atoms with Crippen LogP contribution < -0.4 is 9.64 Å². The van der Waals surface area contributed by atoms with Crippen LogP contribution in [0.1, 0.15) is 25.0 Å². The van der Waals surface area contributed by atoms with Crippen LogP contribution in [-0.2, 0) is 11.8 Å². The average molecular weight is 416 g/mol. The number of nitrogens with zero attached hydrogens (tertiary/aromatic N) is 5. The maximum absolute atomic E-state index is 10.1. The molecular weight excluding hydrogens is 386 g/mol. The van der Waals surface area contributed by atoms with E-state index in [1.165, 1.54) is 0 Å². The summed E-state index contributed by atoms with van der Waals surface area (Å²) in [4.78, 5) is 13.8. The van der Waals surface area contributed by atoms with Crippen LogP contribution in [0.2, 0.25) is 0 Å². The molecule has 1 aliphatic heterocycles. The number of ether oxygens (including phenoxy) is 1. The Morgan fingerprint density at radius 1 is 1.13 bits per heavy atom. The van der Waals surface area contributed by atoms with Crippen molar-refractivity contribution >= 4 is 16.7 Å². The zero-order chi connectivity index (χ0) is 21.8. The number of fused-ring (bicyclic) bond motifs is 1. The number of rotatable bonds is 6. The van der Waals surface area contributed by atoms with Gasteiger partial charge in [-0.05, 0) is 43.2 Å². The molecule has 1 unspecified atom stereocenters. The van der Waals surface area contributed by atoms with Gasteiger partial charge >= 0.3 is 0 Å². The lowest BCUT2D eigenvalue weighted by Gasteiger charge is -2.38. The van der Waals surface area contributed by atoms with E-state index in [0.29, 0.717) is 12.4 Å². The van der Waals surface area contributed by atoms with E-state index in [9.17, 15) is 5.26 Å². The molecule has 3 heterocycles. The first kappa shape index (κ1) is 21.1. The fourth-order valence-corrected chi connectivity index (χ4v) is 4.28. The van der Waals surface area contributed by atoms with Crippen LogP contribution in [0.4, 0.5) is 5.82 Å². The van der Waals surface area contributed by atoms with Gasteiger partial charge in [0.15, 0.2) is 0 Å². The van der Waals surface area contributed by atoms with Crippen LogP contribution >= 0.6 is 0 Å². The first-order valence-corrected chi connectivity index (χ1v) is 10.8. The smallest absolute Gasteiger partial charge is 0.216 e. The van der Waals surface area contributed by atoms with Crippen LogP contribution in [0.25, 0.3) is 10.9 Å². The first-order chi connectivity index (χ1) is 15.1. The molecule has 160 valence electrons. The standard InChI is InChI=1S/C25H29N5O/c1-4-19-15-20-8-9-21(16-22(20)28-24(19)31-3)25(2,17-26)18-29-11-13-30(14-12-29)23-7-5-6-10-27-23/h5-10,15-16H,4,11-14,18H2,1-3H3. The fraction of sp³-hybridized carbons (Fsp3) is 0.400. The minimum absolute atomic E-state index is 0.611. The maximum atomic E-state index is 10.1. The first-order valence-electron chi connectivity index (χ1n) is 10.8. The zero-order valence-corrected chi connectivity index (χ0v) is 18.5. The molecule has 6 heteroatoms. The fourth-order valence-electron chi connectivity index (χ4n) is 4.28. The number of aryl methyl sites for hydroxylation is 1. The number of benzene rings is 1. The molecule has 0 bridgehead atoms. The van der Waals surface area contributed by atoms with Gasteiger partial charge in [-0.25, -0.2) is 9.97 Å². The molecule has 4 rings (SSSR count).